The third-order valence-corrected chi connectivity index (χ3v) is 4.64. The molecule has 0 unspecified atom stereocenters. The van der Waals surface area contributed by atoms with Crippen molar-refractivity contribution in [1.29, 1.82) is 0 Å². The number of H-pyrrole nitrogens is 2. The Morgan fingerprint density at radius 1 is 0.538 bits per heavy atom. The molecule has 0 amide bonds. The van der Waals surface area contributed by atoms with Crippen LogP contribution in [0.25, 0.3) is 43.6 Å². The van der Waals surface area contributed by atoms with Crippen LogP contribution in [0, 0.1) is 11.6 Å². The summed E-state index contributed by atoms with van der Waals surface area (Å²) in [5.74, 6) is -0.992. The van der Waals surface area contributed by atoms with Crippen molar-refractivity contribution < 1.29 is 8.78 Å². The molecule has 126 valence electrons. The second kappa shape index (κ2) is 4.98. The summed E-state index contributed by atoms with van der Waals surface area (Å²) >= 11 is 0. The molecule has 0 aliphatic heterocycles. The molecular formula is C20H10F2N2O2. The summed E-state index contributed by atoms with van der Waals surface area (Å²) < 4.78 is 27.0. The van der Waals surface area contributed by atoms with E-state index in [0.29, 0.717) is 32.8 Å². The van der Waals surface area contributed by atoms with E-state index in [2.05, 4.69) is 9.97 Å². The van der Waals surface area contributed by atoms with Crippen LogP contribution in [-0.4, -0.2) is 9.97 Å². The summed E-state index contributed by atoms with van der Waals surface area (Å²) in [5.41, 5.74) is 1.23. The van der Waals surface area contributed by atoms with Gasteiger partial charge in [-0.25, -0.2) is 8.78 Å². The quantitative estimate of drug-likeness (QED) is 0.416. The number of fused-ring (bicyclic) bond motifs is 4. The molecule has 2 N–H and O–H groups in total. The van der Waals surface area contributed by atoms with E-state index in [1.165, 1.54) is 36.4 Å². The lowest BCUT2D eigenvalue weighted by molar-refractivity contribution is 0.629. The number of hydrogen-bond donors (Lipinski definition) is 2. The summed E-state index contributed by atoms with van der Waals surface area (Å²) in [4.78, 5) is 31.6. The van der Waals surface area contributed by atoms with Gasteiger partial charge in [0.1, 0.15) is 11.6 Å². The van der Waals surface area contributed by atoms with Gasteiger partial charge in [-0.3, -0.25) is 9.59 Å². The number of aromatic amines is 2. The highest BCUT2D eigenvalue weighted by Crippen LogP contribution is 2.22. The molecule has 0 fully saturated rings. The average molecular weight is 348 g/mol. The van der Waals surface area contributed by atoms with Gasteiger partial charge in [0, 0.05) is 32.6 Å². The monoisotopic (exact) mass is 348 g/mol. The average Bonchev–Trinajstić information content (AvgIpc) is 2.63. The molecule has 4 nitrogen and oxygen atoms in total. The fourth-order valence-electron chi connectivity index (χ4n) is 3.39. The number of rotatable bonds is 0. The van der Waals surface area contributed by atoms with Gasteiger partial charge in [0.15, 0.2) is 10.9 Å². The van der Waals surface area contributed by atoms with Crippen molar-refractivity contribution in [2.24, 2.45) is 0 Å². The third-order valence-electron chi connectivity index (χ3n) is 4.64. The Labute approximate surface area is 143 Å². The van der Waals surface area contributed by atoms with Crippen LogP contribution in [0.3, 0.4) is 0 Å². The molecule has 0 aliphatic rings. The molecule has 0 spiro atoms. The van der Waals surface area contributed by atoms with Crippen LogP contribution >= 0.6 is 0 Å². The maximum Gasteiger partial charge on any atom is 0.197 e. The number of hydrogen-bond acceptors (Lipinski definition) is 2. The van der Waals surface area contributed by atoms with Gasteiger partial charge in [-0.05, 0) is 48.5 Å². The Morgan fingerprint density at radius 2 is 0.923 bits per heavy atom. The Kier molecular flexibility index (Phi) is 2.83. The van der Waals surface area contributed by atoms with Crippen molar-refractivity contribution >= 4 is 43.6 Å². The first kappa shape index (κ1) is 14.8. The van der Waals surface area contributed by atoms with Gasteiger partial charge in [-0.2, -0.15) is 0 Å². The van der Waals surface area contributed by atoms with Gasteiger partial charge < -0.3 is 9.97 Å². The molecule has 2 aromatic heterocycles. The molecule has 0 saturated carbocycles. The van der Waals surface area contributed by atoms with Gasteiger partial charge >= 0.3 is 0 Å². The lowest BCUT2D eigenvalue weighted by Crippen LogP contribution is -2.08. The molecule has 3 aromatic carbocycles. The van der Waals surface area contributed by atoms with E-state index in [1.54, 1.807) is 12.1 Å². The molecule has 2 heterocycles. The molecule has 0 atom stereocenters. The van der Waals surface area contributed by atoms with Crippen molar-refractivity contribution in [1.82, 2.24) is 9.97 Å². The van der Waals surface area contributed by atoms with Crippen molar-refractivity contribution in [3.8, 4) is 0 Å². The SMILES string of the molecule is O=c1c2cc(F)ccc2[nH]c2cc3c(=O)c4cc(F)ccc4[nH]c3cc12. The van der Waals surface area contributed by atoms with E-state index in [9.17, 15) is 18.4 Å². The van der Waals surface area contributed by atoms with Gasteiger partial charge in [-0.1, -0.05) is 0 Å². The molecule has 0 aliphatic carbocycles. The van der Waals surface area contributed by atoms with E-state index in [0.717, 1.165) is 0 Å². The Balaban J connectivity index is 2.00. The van der Waals surface area contributed by atoms with Gasteiger partial charge in [0.05, 0.1) is 11.0 Å². The number of benzene rings is 3. The number of nitrogens with one attached hydrogen (secondary N) is 2. The molecule has 5 rings (SSSR count). The third kappa shape index (κ3) is 1.99. The standard InChI is InChI=1S/C20H10F2N2O2/c21-9-1-3-15-11(5-9)19(25)13-8-18-14(7-17(13)23-15)20(26)12-6-10(22)2-4-16(12)24-18/h1-8H,(H,23,25)(H,24,26). The molecule has 5 aromatic rings. The summed E-state index contributed by atoms with van der Waals surface area (Å²) in [6.45, 7) is 0. The first-order chi connectivity index (χ1) is 12.5. The maximum atomic E-state index is 13.5. The minimum absolute atomic E-state index is 0.238. The summed E-state index contributed by atoms with van der Waals surface area (Å²) in [6, 6.07) is 11.0. The predicted octanol–water partition coefficient (Wildman–Crippen LogP) is 3.95. The van der Waals surface area contributed by atoms with E-state index in [1.807, 2.05) is 0 Å². The maximum absolute atomic E-state index is 13.5. The summed E-state index contributed by atoms with van der Waals surface area (Å²) in [5, 5.41) is 1.16. The van der Waals surface area contributed by atoms with E-state index in [4.69, 9.17) is 0 Å². The van der Waals surface area contributed by atoms with Crippen LogP contribution < -0.4 is 10.9 Å². The van der Waals surface area contributed by atoms with Crippen LogP contribution in [0.2, 0.25) is 0 Å². The first-order valence-corrected chi connectivity index (χ1v) is 7.92. The normalized spacial score (nSPS) is 11.8. The van der Waals surface area contributed by atoms with Crippen molar-refractivity contribution in [2.75, 3.05) is 0 Å². The van der Waals surface area contributed by atoms with Crippen molar-refractivity contribution in [3.05, 3.63) is 80.6 Å². The molecular weight excluding hydrogens is 338 g/mol. The fourth-order valence-corrected chi connectivity index (χ4v) is 3.39. The Hall–Kier alpha value is -3.54. The second-order valence-corrected chi connectivity index (χ2v) is 6.23. The molecule has 0 bridgehead atoms. The molecule has 26 heavy (non-hydrogen) atoms. The van der Waals surface area contributed by atoms with E-state index < -0.39 is 11.6 Å². The number of pyridine rings is 2. The minimum Gasteiger partial charge on any atom is -0.354 e. The van der Waals surface area contributed by atoms with Crippen molar-refractivity contribution in [2.45, 2.75) is 0 Å². The number of halogens is 2. The highest BCUT2D eigenvalue weighted by molar-refractivity contribution is 6.02. The topological polar surface area (TPSA) is 65.7 Å². The Morgan fingerprint density at radius 3 is 1.35 bits per heavy atom. The molecule has 0 radical (unpaired) electrons. The van der Waals surface area contributed by atoms with Crippen LogP contribution in [-0.2, 0) is 0 Å². The van der Waals surface area contributed by atoms with Crippen LogP contribution in [0.1, 0.15) is 0 Å². The highest BCUT2D eigenvalue weighted by Gasteiger charge is 2.12. The molecule has 0 saturated heterocycles. The highest BCUT2D eigenvalue weighted by atomic mass is 19.1. The van der Waals surface area contributed by atoms with Crippen LogP contribution in [0.15, 0.2) is 58.1 Å². The van der Waals surface area contributed by atoms with Gasteiger partial charge in [0.2, 0.25) is 0 Å². The summed E-state index contributed by atoms with van der Waals surface area (Å²) in [6.07, 6.45) is 0. The van der Waals surface area contributed by atoms with E-state index in [-0.39, 0.29) is 21.6 Å². The van der Waals surface area contributed by atoms with E-state index >= 15 is 0 Å². The fraction of sp³-hybridized carbons (Fsp3) is 0. The number of aromatic nitrogens is 2. The zero-order chi connectivity index (χ0) is 18.0. The predicted molar refractivity (Wildman–Crippen MR) is 97.6 cm³/mol. The zero-order valence-electron chi connectivity index (χ0n) is 13.2. The Bertz CT molecular complexity index is 1380. The smallest absolute Gasteiger partial charge is 0.197 e. The van der Waals surface area contributed by atoms with Gasteiger partial charge in [0.25, 0.3) is 0 Å². The largest absolute Gasteiger partial charge is 0.354 e. The van der Waals surface area contributed by atoms with Gasteiger partial charge in [-0.15, -0.1) is 0 Å². The summed E-state index contributed by atoms with van der Waals surface area (Å²) in [7, 11) is 0. The lowest BCUT2D eigenvalue weighted by Gasteiger charge is -2.07. The second-order valence-electron chi connectivity index (χ2n) is 6.23. The molecule has 6 heteroatoms. The zero-order valence-corrected chi connectivity index (χ0v) is 13.2. The first-order valence-electron chi connectivity index (χ1n) is 7.92. The van der Waals surface area contributed by atoms with Crippen LogP contribution in [0.4, 0.5) is 8.78 Å². The van der Waals surface area contributed by atoms with Crippen LogP contribution in [0.5, 0.6) is 0 Å². The lowest BCUT2D eigenvalue weighted by atomic mass is 10.1. The minimum atomic E-state index is -0.496. The van der Waals surface area contributed by atoms with Crippen molar-refractivity contribution in [3.63, 3.8) is 0 Å².